The predicted octanol–water partition coefficient (Wildman–Crippen LogP) is 3.18. The number of benzene rings is 2. The minimum Gasteiger partial charge on any atom is -0.465 e. The van der Waals surface area contributed by atoms with Gasteiger partial charge in [0.25, 0.3) is 5.69 Å². The molecule has 0 saturated carbocycles. The molecule has 0 aliphatic carbocycles. The summed E-state index contributed by atoms with van der Waals surface area (Å²) in [4.78, 5) is 52.2. The highest BCUT2D eigenvalue weighted by Gasteiger charge is 2.65. The van der Waals surface area contributed by atoms with Crippen molar-refractivity contribution in [1.82, 2.24) is 4.90 Å². The molecule has 1 aliphatic heterocycles. The summed E-state index contributed by atoms with van der Waals surface area (Å²) in [6, 6.07) is 13.5. The van der Waals surface area contributed by atoms with E-state index in [4.69, 9.17) is 9.47 Å². The second-order valence-corrected chi connectivity index (χ2v) is 7.31. The lowest BCUT2D eigenvalue weighted by atomic mass is 9.76. The highest BCUT2D eigenvalue weighted by atomic mass is 16.6. The SMILES string of the molecule is CCOC(=O)C1(C(=O)OCC)CC(=O)N(Cc2ccccc2)[C@H]1c1ccccc1[N+](=O)[O-]. The van der Waals surface area contributed by atoms with Gasteiger partial charge in [-0.1, -0.05) is 48.5 Å². The molecule has 1 heterocycles. The molecule has 0 radical (unpaired) electrons. The van der Waals surface area contributed by atoms with E-state index < -0.39 is 40.6 Å². The fraction of sp³-hybridized carbons (Fsp3) is 0.348. The van der Waals surface area contributed by atoms with Crippen molar-refractivity contribution in [3.05, 3.63) is 75.8 Å². The summed E-state index contributed by atoms with van der Waals surface area (Å²) in [6.45, 7) is 3.15. The number of carbonyl (C=O) groups is 3. The van der Waals surface area contributed by atoms with Crippen LogP contribution in [0.1, 0.15) is 37.4 Å². The quantitative estimate of drug-likeness (QED) is 0.268. The molecule has 0 N–H and O–H groups in total. The van der Waals surface area contributed by atoms with Gasteiger partial charge in [-0.2, -0.15) is 0 Å². The summed E-state index contributed by atoms with van der Waals surface area (Å²) >= 11 is 0. The molecule has 1 atom stereocenters. The molecule has 0 unspecified atom stereocenters. The first-order valence-corrected chi connectivity index (χ1v) is 10.3. The monoisotopic (exact) mass is 440 g/mol. The largest absolute Gasteiger partial charge is 0.465 e. The zero-order chi connectivity index (χ0) is 23.3. The van der Waals surface area contributed by atoms with Crippen LogP contribution in [0.15, 0.2) is 54.6 Å². The molecule has 1 fully saturated rings. The Morgan fingerprint density at radius 3 is 2.16 bits per heavy atom. The maximum absolute atomic E-state index is 13.2. The van der Waals surface area contributed by atoms with Crippen molar-refractivity contribution < 1.29 is 28.8 Å². The first-order chi connectivity index (χ1) is 15.4. The van der Waals surface area contributed by atoms with Gasteiger partial charge in [-0.3, -0.25) is 24.5 Å². The number of nitro benzene ring substituents is 1. The summed E-state index contributed by atoms with van der Waals surface area (Å²) in [5, 5.41) is 11.8. The van der Waals surface area contributed by atoms with E-state index in [2.05, 4.69) is 0 Å². The molecule has 32 heavy (non-hydrogen) atoms. The number of hydrogen-bond acceptors (Lipinski definition) is 7. The molecule has 9 nitrogen and oxygen atoms in total. The van der Waals surface area contributed by atoms with Crippen molar-refractivity contribution in [2.45, 2.75) is 32.9 Å². The second kappa shape index (κ2) is 9.59. The van der Waals surface area contributed by atoms with Crippen LogP contribution in [0.2, 0.25) is 0 Å². The molecule has 9 heteroatoms. The van der Waals surface area contributed by atoms with E-state index in [-0.39, 0.29) is 31.0 Å². The molecular formula is C23H24N2O7. The number of rotatable bonds is 8. The maximum atomic E-state index is 13.2. The Labute approximate surface area is 185 Å². The summed E-state index contributed by atoms with van der Waals surface area (Å²) in [5.74, 6) is -2.38. The van der Waals surface area contributed by atoms with Gasteiger partial charge >= 0.3 is 11.9 Å². The molecule has 0 aromatic heterocycles. The Balaban J connectivity index is 2.25. The number of likely N-dealkylation sites (tertiary alicyclic amines) is 1. The Hall–Kier alpha value is -3.75. The van der Waals surface area contributed by atoms with Crippen LogP contribution >= 0.6 is 0 Å². The van der Waals surface area contributed by atoms with Crippen molar-refractivity contribution in [3.8, 4) is 0 Å². The summed E-state index contributed by atoms with van der Waals surface area (Å²) in [6.07, 6.45) is -0.506. The maximum Gasteiger partial charge on any atom is 0.326 e. The number of esters is 2. The highest BCUT2D eigenvalue weighted by molar-refractivity contribution is 6.07. The third-order valence-corrected chi connectivity index (χ3v) is 5.43. The van der Waals surface area contributed by atoms with Gasteiger partial charge in [-0.15, -0.1) is 0 Å². The molecule has 1 aliphatic rings. The lowest BCUT2D eigenvalue weighted by Crippen LogP contribution is -2.46. The van der Waals surface area contributed by atoms with E-state index in [0.717, 1.165) is 5.56 Å². The summed E-state index contributed by atoms with van der Waals surface area (Å²) in [5.41, 5.74) is -1.55. The van der Waals surface area contributed by atoms with Crippen molar-refractivity contribution in [2.24, 2.45) is 5.41 Å². The van der Waals surface area contributed by atoms with Gasteiger partial charge in [-0.25, -0.2) is 0 Å². The molecule has 2 aromatic carbocycles. The molecular weight excluding hydrogens is 416 g/mol. The van der Waals surface area contributed by atoms with Gasteiger partial charge in [0, 0.05) is 12.6 Å². The fourth-order valence-corrected chi connectivity index (χ4v) is 4.10. The smallest absolute Gasteiger partial charge is 0.326 e. The molecule has 1 amide bonds. The molecule has 3 rings (SSSR count). The Kier molecular flexibility index (Phi) is 6.87. The number of hydrogen-bond donors (Lipinski definition) is 0. The van der Waals surface area contributed by atoms with Gasteiger partial charge in [0.2, 0.25) is 5.91 Å². The lowest BCUT2D eigenvalue weighted by Gasteiger charge is -2.34. The van der Waals surface area contributed by atoms with Crippen molar-refractivity contribution in [1.29, 1.82) is 0 Å². The Bertz CT molecular complexity index is 1000. The summed E-state index contributed by atoms with van der Waals surface area (Å²) in [7, 11) is 0. The Morgan fingerprint density at radius 2 is 1.59 bits per heavy atom. The minimum atomic E-state index is -2.07. The number of nitro groups is 1. The first-order valence-electron chi connectivity index (χ1n) is 10.3. The van der Waals surface area contributed by atoms with Gasteiger partial charge in [0.05, 0.1) is 36.2 Å². The van der Waals surface area contributed by atoms with E-state index in [0.29, 0.717) is 0 Å². The fourth-order valence-electron chi connectivity index (χ4n) is 4.10. The van der Waals surface area contributed by atoms with Crippen LogP contribution < -0.4 is 0 Å². The number of para-hydroxylation sites is 1. The number of amides is 1. The van der Waals surface area contributed by atoms with Crippen molar-refractivity contribution >= 4 is 23.5 Å². The molecule has 0 bridgehead atoms. The van der Waals surface area contributed by atoms with E-state index in [1.807, 2.05) is 6.07 Å². The van der Waals surface area contributed by atoms with Crippen LogP contribution in [0.25, 0.3) is 0 Å². The average Bonchev–Trinajstić information content (AvgIpc) is 3.07. The highest BCUT2D eigenvalue weighted by Crippen LogP contribution is 2.52. The van der Waals surface area contributed by atoms with Crippen LogP contribution in [0.3, 0.4) is 0 Å². The van der Waals surface area contributed by atoms with Gasteiger partial charge in [-0.05, 0) is 19.4 Å². The van der Waals surface area contributed by atoms with Crippen molar-refractivity contribution in [2.75, 3.05) is 13.2 Å². The van der Waals surface area contributed by atoms with Gasteiger partial charge in [0.15, 0.2) is 5.41 Å². The predicted molar refractivity (Wildman–Crippen MR) is 113 cm³/mol. The average molecular weight is 440 g/mol. The first kappa shape index (κ1) is 22.9. The zero-order valence-electron chi connectivity index (χ0n) is 17.9. The second-order valence-electron chi connectivity index (χ2n) is 7.31. The Morgan fingerprint density at radius 1 is 1.03 bits per heavy atom. The topological polar surface area (TPSA) is 116 Å². The molecule has 168 valence electrons. The van der Waals surface area contributed by atoms with Gasteiger partial charge < -0.3 is 14.4 Å². The molecule has 1 saturated heterocycles. The normalized spacial score (nSPS) is 17.1. The van der Waals surface area contributed by atoms with Crippen molar-refractivity contribution in [3.63, 3.8) is 0 Å². The van der Waals surface area contributed by atoms with E-state index in [9.17, 15) is 24.5 Å². The van der Waals surface area contributed by atoms with Crippen LogP contribution in [0, 0.1) is 15.5 Å². The third-order valence-electron chi connectivity index (χ3n) is 5.43. The summed E-state index contributed by atoms with van der Waals surface area (Å²) < 4.78 is 10.4. The molecule has 2 aromatic rings. The standard InChI is InChI=1S/C23H24N2O7/c1-3-31-21(27)23(22(28)32-4-2)14-19(26)24(15-16-10-6-5-7-11-16)20(23)17-12-8-9-13-18(17)25(29)30/h5-13,20H,3-4,14-15H2,1-2H3/t20-/m0/s1. The number of nitrogens with zero attached hydrogens (tertiary/aromatic N) is 2. The van der Waals surface area contributed by atoms with Crippen LogP contribution in [0.5, 0.6) is 0 Å². The van der Waals surface area contributed by atoms with E-state index in [1.54, 1.807) is 44.2 Å². The van der Waals surface area contributed by atoms with Crippen LogP contribution in [-0.4, -0.2) is 40.9 Å². The van der Waals surface area contributed by atoms with Crippen LogP contribution in [0.4, 0.5) is 5.69 Å². The van der Waals surface area contributed by atoms with E-state index in [1.165, 1.54) is 23.1 Å². The number of carbonyl (C=O) groups excluding carboxylic acids is 3. The van der Waals surface area contributed by atoms with Gasteiger partial charge in [0.1, 0.15) is 0 Å². The van der Waals surface area contributed by atoms with E-state index >= 15 is 0 Å². The van der Waals surface area contributed by atoms with Crippen LogP contribution in [-0.2, 0) is 30.4 Å². The lowest BCUT2D eigenvalue weighted by molar-refractivity contribution is -0.386. The molecule has 0 spiro atoms. The third kappa shape index (κ3) is 4.05. The zero-order valence-corrected chi connectivity index (χ0v) is 17.9. The minimum absolute atomic E-state index is 0.0313. The number of ether oxygens (including phenoxy) is 2.